The number of aromatic nitrogens is 3. The van der Waals surface area contributed by atoms with Crippen molar-refractivity contribution in [2.45, 2.75) is 45.4 Å². The van der Waals surface area contributed by atoms with Crippen molar-refractivity contribution in [2.75, 3.05) is 11.4 Å². The third-order valence-electron chi connectivity index (χ3n) is 4.41. The summed E-state index contributed by atoms with van der Waals surface area (Å²) in [7, 11) is 0. The summed E-state index contributed by atoms with van der Waals surface area (Å²) in [6, 6.07) is 5.11. The molecule has 0 unspecified atom stereocenters. The zero-order valence-corrected chi connectivity index (χ0v) is 12.4. The molecule has 0 saturated heterocycles. The molecule has 5 heteroatoms. The summed E-state index contributed by atoms with van der Waals surface area (Å²) >= 11 is 0. The number of anilines is 1. The molecular weight excluding hydrogens is 262 g/mol. The van der Waals surface area contributed by atoms with E-state index in [2.05, 4.69) is 45.0 Å². The summed E-state index contributed by atoms with van der Waals surface area (Å²) in [4.78, 5) is 11.5. The molecule has 4 rings (SSSR count). The summed E-state index contributed by atoms with van der Waals surface area (Å²) in [6.45, 7) is 5.88. The van der Waals surface area contributed by atoms with Crippen LogP contribution in [0.25, 0.3) is 0 Å². The fourth-order valence-electron chi connectivity index (χ4n) is 2.85. The van der Waals surface area contributed by atoms with E-state index < -0.39 is 0 Å². The van der Waals surface area contributed by atoms with E-state index >= 15 is 0 Å². The smallest absolute Gasteiger partial charge is 0.129 e. The number of rotatable bonds is 4. The van der Waals surface area contributed by atoms with E-state index in [0.717, 1.165) is 49.6 Å². The maximum atomic E-state index is 4.80. The molecule has 0 amide bonds. The molecule has 0 aromatic carbocycles. The first kappa shape index (κ1) is 12.8. The van der Waals surface area contributed by atoms with Gasteiger partial charge in [0.1, 0.15) is 11.6 Å². The molecule has 0 bridgehead atoms. The molecule has 1 fully saturated rings. The van der Waals surface area contributed by atoms with Gasteiger partial charge in [0.2, 0.25) is 0 Å². The lowest BCUT2D eigenvalue weighted by Crippen LogP contribution is -2.34. The van der Waals surface area contributed by atoms with Gasteiger partial charge in [0.25, 0.3) is 0 Å². The molecule has 0 spiro atoms. The predicted octanol–water partition coefficient (Wildman–Crippen LogP) is 1.86. The first-order valence-corrected chi connectivity index (χ1v) is 7.74. The van der Waals surface area contributed by atoms with Gasteiger partial charge in [0, 0.05) is 43.8 Å². The van der Waals surface area contributed by atoms with Crippen molar-refractivity contribution in [1.82, 2.24) is 19.9 Å². The highest BCUT2D eigenvalue weighted by Gasteiger charge is 2.21. The van der Waals surface area contributed by atoms with Gasteiger partial charge in [-0.15, -0.1) is 0 Å². The molecule has 21 heavy (non-hydrogen) atoms. The van der Waals surface area contributed by atoms with Crippen molar-refractivity contribution in [2.24, 2.45) is 0 Å². The maximum absolute atomic E-state index is 4.80. The van der Waals surface area contributed by atoms with Crippen LogP contribution in [0.1, 0.15) is 29.9 Å². The summed E-state index contributed by atoms with van der Waals surface area (Å²) in [5.74, 6) is 2.19. The topological polar surface area (TPSA) is 46.0 Å². The van der Waals surface area contributed by atoms with E-state index in [0.29, 0.717) is 0 Å². The molecule has 2 aromatic rings. The van der Waals surface area contributed by atoms with Crippen LogP contribution in [0, 0.1) is 6.92 Å². The second-order valence-corrected chi connectivity index (χ2v) is 6.03. The van der Waals surface area contributed by atoms with Gasteiger partial charge in [0.05, 0.1) is 6.54 Å². The fourth-order valence-corrected chi connectivity index (χ4v) is 2.85. The first-order valence-electron chi connectivity index (χ1n) is 7.74. The van der Waals surface area contributed by atoms with Crippen LogP contribution >= 0.6 is 0 Å². The van der Waals surface area contributed by atoms with Gasteiger partial charge < -0.3 is 14.8 Å². The Kier molecular flexibility index (Phi) is 3.15. The Morgan fingerprint density at radius 2 is 2.19 bits per heavy atom. The second-order valence-electron chi connectivity index (χ2n) is 6.03. The number of aryl methyl sites for hydroxylation is 1. The van der Waals surface area contributed by atoms with Crippen LogP contribution in [-0.4, -0.2) is 27.1 Å². The normalized spacial score (nSPS) is 17.9. The van der Waals surface area contributed by atoms with Crippen molar-refractivity contribution in [3.8, 4) is 0 Å². The third kappa shape index (κ3) is 2.65. The van der Waals surface area contributed by atoms with E-state index in [1.807, 2.05) is 6.20 Å². The van der Waals surface area contributed by atoms with Crippen molar-refractivity contribution >= 4 is 5.82 Å². The summed E-state index contributed by atoms with van der Waals surface area (Å²) < 4.78 is 2.22. The fraction of sp³-hybridized carbons (Fsp3) is 0.500. The van der Waals surface area contributed by atoms with Crippen molar-refractivity contribution in [3.63, 3.8) is 0 Å². The lowest BCUT2D eigenvalue weighted by molar-refractivity contribution is 0.555. The van der Waals surface area contributed by atoms with Crippen LogP contribution in [0.2, 0.25) is 0 Å². The molecule has 0 radical (unpaired) electrons. The number of imidazole rings is 1. The number of fused-ring (bicyclic) bond motifs is 1. The minimum absolute atomic E-state index is 0.741. The van der Waals surface area contributed by atoms with Crippen LogP contribution in [-0.2, 0) is 19.6 Å². The van der Waals surface area contributed by atoms with E-state index in [4.69, 9.17) is 4.98 Å². The van der Waals surface area contributed by atoms with E-state index in [9.17, 15) is 0 Å². The van der Waals surface area contributed by atoms with Gasteiger partial charge in [-0.1, -0.05) is 6.07 Å². The van der Waals surface area contributed by atoms with Crippen LogP contribution < -0.4 is 10.2 Å². The largest absolute Gasteiger partial charge is 0.347 e. The highest BCUT2D eigenvalue weighted by atomic mass is 15.3. The Balaban J connectivity index is 1.49. The predicted molar refractivity (Wildman–Crippen MR) is 82.1 cm³/mol. The molecular formula is C16H21N5. The number of nitrogens with one attached hydrogen (secondary N) is 1. The molecule has 2 aromatic heterocycles. The monoisotopic (exact) mass is 283 g/mol. The molecule has 2 aliphatic rings. The Morgan fingerprint density at radius 3 is 3.00 bits per heavy atom. The highest BCUT2D eigenvalue weighted by molar-refractivity contribution is 5.42. The average Bonchev–Trinajstić information content (AvgIpc) is 3.21. The van der Waals surface area contributed by atoms with Gasteiger partial charge in [-0.25, -0.2) is 9.97 Å². The Bertz CT molecular complexity index is 644. The Hall–Kier alpha value is -1.88. The molecule has 1 saturated carbocycles. The number of nitrogens with zero attached hydrogens (tertiary/aromatic N) is 4. The zero-order chi connectivity index (χ0) is 14.2. The molecule has 1 N–H and O–H groups in total. The maximum Gasteiger partial charge on any atom is 0.129 e. The summed E-state index contributed by atoms with van der Waals surface area (Å²) in [5.41, 5.74) is 2.44. The highest BCUT2D eigenvalue weighted by Crippen LogP contribution is 2.22. The zero-order valence-electron chi connectivity index (χ0n) is 12.4. The lowest BCUT2D eigenvalue weighted by atomic mass is 10.2. The Labute approximate surface area is 125 Å². The Morgan fingerprint density at radius 1 is 1.29 bits per heavy atom. The van der Waals surface area contributed by atoms with Gasteiger partial charge in [-0.2, -0.15) is 0 Å². The van der Waals surface area contributed by atoms with Crippen LogP contribution in [0.3, 0.4) is 0 Å². The molecule has 1 aliphatic heterocycles. The number of hydrogen-bond acceptors (Lipinski definition) is 4. The van der Waals surface area contributed by atoms with Gasteiger partial charge in [-0.3, -0.25) is 0 Å². The molecule has 5 nitrogen and oxygen atoms in total. The standard InChI is InChI=1S/C16H21N5/c1-12-13(10-18-14-3-4-14)2-5-15(19-12)21-9-8-20-7-6-17-16(20)11-21/h2,5-7,14,18H,3-4,8-11H2,1H3. The van der Waals surface area contributed by atoms with Crippen LogP contribution in [0.5, 0.6) is 0 Å². The van der Waals surface area contributed by atoms with E-state index in [-0.39, 0.29) is 0 Å². The SMILES string of the molecule is Cc1nc(N2CCn3ccnc3C2)ccc1CNC1CC1. The molecule has 0 atom stereocenters. The van der Waals surface area contributed by atoms with Crippen LogP contribution in [0.15, 0.2) is 24.5 Å². The summed E-state index contributed by atoms with van der Waals surface area (Å²) in [6.07, 6.45) is 6.58. The molecule has 1 aliphatic carbocycles. The van der Waals surface area contributed by atoms with Crippen molar-refractivity contribution in [3.05, 3.63) is 41.6 Å². The van der Waals surface area contributed by atoms with Crippen molar-refractivity contribution < 1.29 is 0 Å². The van der Waals surface area contributed by atoms with E-state index in [1.165, 1.54) is 18.4 Å². The van der Waals surface area contributed by atoms with Gasteiger partial charge in [0.15, 0.2) is 0 Å². The van der Waals surface area contributed by atoms with Crippen LogP contribution in [0.4, 0.5) is 5.82 Å². The lowest BCUT2D eigenvalue weighted by Gasteiger charge is -2.29. The minimum atomic E-state index is 0.741. The average molecular weight is 283 g/mol. The second kappa shape index (κ2) is 5.15. The quantitative estimate of drug-likeness (QED) is 0.930. The molecule has 110 valence electrons. The number of hydrogen-bond donors (Lipinski definition) is 1. The van der Waals surface area contributed by atoms with Gasteiger partial charge >= 0.3 is 0 Å². The minimum Gasteiger partial charge on any atom is -0.347 e. The third-order valence-corrected chi connectivity index (χ3v) is 4.41. The van der Waals surface area contributed by atoms with Gasteiger partial charge in [-0.05, 0) is 31.4 Å². The molecule has 3 heterocycles. The summed E-state index contributed by atoms with van der Waals surface area (Å²) in [5, 5.41) is 3.56. The van der Waals surface area contributed by atoms with Crippen molar-refractivity contribution in [1.29, 1.82) is 0 Å². The van der Waals surface area contributed by atoms with E-state index in [1.54, 1.807) is 0 Å². The number of pyridine rings is 1. The first-order chi connectivity index (χ1) is 10.3.